The molecule has 144 valence electrons. The Kier molecular flexibility index (Phi) is 7.64. The fourth-order valence-electron chi connectivity index (χ4n) is 3.64. The van der Waals surface area contributed by atoms with Crippen LogP contribution >= 0.6 is 0 Å². The van der Waals surface area contributed by atoms with Crippen LogP contribution in [0.1, 0.15) is 45.6 Å². The van der Waals surface area contributed by atoms with Crippen molar-refractivity contribution >= 4 is 11.9 Å². The van der Waals surface area contributed by atoms with Crippen LogP contribution in [0.3, 0.4) is 0 Å². The molecule has 5 heteroatoms. The van der Waals surface area contributed by atoms with Crippen LogP contribution in [0.15, 0.2) is 30.3 Å². The van der Waals surface area contributed by atoms with E-state index < -0.39 is 12.0 Å². The van der Waals surface area contributed by atoms with Gasteiger partial charge in [0.1, 0.15) is 6.04 Å². The Hall–Kier alpha value is -1.88. The van der Waals surface area contributed by atoms with Gasteiger partial charge in [-0.2, -0.15) is 0 Å². The maximum atomic E-state index is 12.5. The number of rotatable bonds is 8. The van der Waals surface area contributed by atoms with Crippen molar-refractivity contribution in [2.24, 2.45) is 11.8 Å². The highest BCUT2D eigenvalue weighted by Crippen LogP contribution is 2.23. The second-order valence-corrected chi connectivity index (χ2v) is 7.87. The number of nitrogens with zero attached hydrogens (tertiary/aromatic N) is 1. The minimum Gasteiger partial charge on any atom is -0.480 e. The molecule has 0 radical (unpaired) electrons. The molecule has 1 unspecified atom stereocenters. The van der Waals surface area contributed by atoms with Crippen LogP contribution in [0.4, 0.5) is 0 Å². The van der Waals surface area contributed by atoms with E-state index in [1.165, 1.54) is 5.56 Å². The number of carboxylic acids is 1. The third-order valence-corrected chi connectivity index (χ3v) is 5.27. The minimum absolute atomic E-state index is 0.181. The number of carbonyl (C=O) groups is 2. The zero-order chi connectivity index (χ0) is 19.1. The number of nitrogens with one attached hydrogen (secondary N) is 1. The van der Waals surface area contributed by atoms with Gasteiger partial charge >= 0.3 is 5.97 Å². The van der Waals surface area contributed by atoms with E-state index in [4.69, 9.17) is 0 Å². The zero-order valence-electron chi connectivity index (χ0n) is 16.1. The van der Waals surface area contributed by atoms with Crippen LogP contribution in [-0.2, 0) is 16.0 Å². The molecule has 1 heterocycles. The smallest absolute Gasteiger partial charge is 0.326 e. The lowest BCUT2D eigenvalue weighted by atomic mass is 9.89. The van der Waals surface area contributed by atoms with Crippen LogP contribution in [0, 0.1) is 11.8 Å². The van der Waals surface area contributed by atoms with Crippen molar-refractivity contribution in [2.75, 3.05) is 13.1 Å². The lowest BCUT2D eigenvalue weighted by Gasteiger charge is -2.35. The van der Waals surface area contributed by atoms with Gasteiger partial charge in [0.05, 0.1) is 6.04 Å². The standard InChI is InChI=1S/C21H32N2O3/c1-15(2)13-19(21(25)26)22-20(24)16(3)23-11-9-18(10-12-23)14-17-7-5-4-6-8-17/h4-8,15-16,18-19H,9-14H2,1-3H3,(H,22,24)(H,25,26)/t16?,19-/m0/s1. The summed E-state index contributed by atoms with van der Waals surface area (Å²) in [6.45, 7) is 7.56. The quantitative estimate of drug-likeness (QED) is 0.748. The molecule has 0 aliphatic carbocycles. The maximum Gasteiger partial charge on any atom is 0.326 e. The number of benzene rings is 1. The monoisotopic (exact) mass is 360 g/mol. The lowest BCUT2D eigenvalue weighted by Crippen LogP contribution is -2.52. The van der Waals surface area contributed by atoms with Gasteiger partial charge in [0.15, 0.2) is 0 Å². The van der Waals surface area contributed by atoms with Crippen LogP contribution in [0.5, 0.6) is 0 Å². The fraction of sp³-hybridized carbons (Fsp3) is 0.619. The van der Waals surface area contributed by atoms with Crippen LogP contribution < -0.4 is 5.32 Å². The largest absolute Gasteiger partial charge is 0.480 e. The summed E-state index contributed by atoms with van der Waals surface area (Å²) in [5.74, 6) is -0.266. The number of hydrogen-bond donors (Lipinski definition) is 2. The van der Waals surface area contributed by atoms with E-state index in [0.29, 0.717) is 12.3 Å². The van der Waals surface area contributed by atoms with Crippen molar-refractivity contribution in [2.45, 2.75) is 58.5 Å². The summed E-state index contributed by atoms with van der Waals surface area (Å²) in [5.41, 5.74) is 1.37. The molecule has 26 heavy (non-hydrogen) atoms. The molecule has 1 aliphatic heterocycles. The molecule has 0 bridgehead atoms. The molecule has 1 saturated heterocycles. The van der Waals surface area contributed by atoms with Crippen LogP contribution in [-0.4, -0.2) is 47.1 Å². The molecule has 2 N–H and O–H groups in total. The van der Waals surface area contributed by atoms with Gasteiger partial charge < -0.3 is 10.4 Å². The van der Waals surface area contributed by atoms with E-state index in [-0.39, 0.29) is 17.9 Å². The number of carboxylic acid groups (broad SMARTS) is 1. The highest BCUT2D eigenvalue weighted by atomic mass is 16.4. The minimum atomic E-state index is -0.958. The van der Waals surface area contributed by atoms with Crippen LogP contribution in [0.2, 0.25) is 0 Å². The van der Waals surface area contributed by atoms with E-state index in [9.17, 15) is 14.7 Å². The molecule has 2 atom stereocenters. The van der Waals surface area contributed by atoms with Crippen molar-refractivity contribution in [3.8, 4) is 0 Å². The third-order valence-electron chi connectivity index (χ3n) is 5.27. The zero-order valence-corrected chi connectivity index (χ0v) is 16.1. The third kappa shape index (κ3) is 6.13. The normalized spacial score (nSPS) is 18.5. The predicted octanol–water partition coefficient (Wildman–Crippen LogP) is 2.95. The molecule has 1 aromatic rings. The molecule has 1 amide bonds. The molecule has 0 saturated carbocycles. The van der Waals surface area contributed by atoms with Crippen molar-refractivity contribution in [1.82, 2.24) is 10.2 Å². The van der Waals surface area contributed by atoms with Gasteiger partial charge in [0.25, 0.3) is 0 Å². The molecule has 2 rings (SSSR count). The van der Waals surface area contributed by atoms with Gasteiger partial charge in [-0.05, 0) is 63.1 Å². The van der Waals surface area contributed by atoms with Gasteiger partial charge in [-0.3, -0.25) is 9.69 Å². The van der Waals surface area contributed by atoms with Crippen molar-refractivity contribution in [3.05, 3.63) is 35.9 Å². The number of hydrogen-bond acceptors (Lipinski definition) is 3. The maximum absolute atomic E-state index is 12.5. The Morgan fingerprint density at radius 2 is 1.77 bits per heavy atom. The molecule has 5 nitrogen and oxygen atoms in total. The lowest BCUT2D eigenvalue weighted by molar-refractivity contribution is -0.143. The summed E-state index contributed by atoms with van der Waals surface area (Å²) in [5, 5.41) is 12.0. The summed E-state index contributed by atoms with van der Waals surface area (Å²) in [7, 11) is 0. The summed E-state index contributed by atoms with van der Waals surface area (Å²) in [6, 6.07) is 9.43. The number of piperidine rings is 1. The molecule has 1 aliphatic rings. The van der Waals surface area contributed by atoms with Gasteiger partial charge in [-0.1, -0.05) is 44.2 Å². The second kappa shape index (κ2) is 9.72. The summed E-state index contributed by atoms with van der Waals surface area (Å²) in [6.07, 6.45) is 3.68. The highest BCUT2D eigenvalue weighted by molar-refractivity contribution is 5.86. The van der Waals surface area contributed by atoms with Crippen LogP contribution in [0.25, 0.3) is 0 Å². The predicted molar refractivity (Wildman–Crippen MR) is 103 cm³/mol. The topological polar surface area (TPSA) is 69.6 Å². The molecule has 1 aromatic carbocycles. The Labute approximate surface area is 156 Å². The Balaban J connectivity index is 1.82. The molecule has 0 aromatic heterocycles. The van der Waals surface area contributed by atoms with Gasteiger partial charge in [-0.15, -0.1) is 0 Å². The van der Waals surface area contributed by atoms with Gasteiger partial charge in [-0.25, -0.2) is 4.79 Å². The summed E-state index contributed by atoms with van der Waals surface area (Å²) >= 11 is 0. The van der Waals surface area contributed by atoms with Crippen molar-refractivity contribution in [1.29, 1.82) is 0 Å². The number of likely N-dealkylation sites (tertiary alicyclic amines) is 1. The fourth-order valence-corrected chi connectivity index (χ4v) is 3.64. The van der Waals surface area contributed by atoms with E-state index in [2.05, 4.69) is 34.5 Å². The van der Waals surface area contributed by atoms with E-state index in [1.807, 2.05) is 26.8 Å². The first-order valence-corrected chi connectivity index (χ1v) is 9.68. The van der Waals surface area contributed by atoms with E-state index >= 15 is 0 Å². The number of carbonyl (C=O) groups excluding carboxylic acids is 1. The van der Waals surface area contributed by atoms with Crippen molar-refractivity contribution < 1.29 is 14.7 Å². The Morgan fingerprint density at radius 3 is 2.31 bits per heavy atom. The first-order valence-electron chi connectivity index (χ1n) is 9.68. The van der Waals surface area contributed by atoms with E-state index in [0.717, 1.165) is 32.4 Å². The first-order chi connectivity index (χ1) is 12.4. The number of aliphatic carboxylic acids is 1. The Morgan fingerprint density at radius 1 is 1.15 bits per heavy atom. The Bertz CT molecular complexity index is 580. The SMILES string of the molecule is CC(C)C[C@H](NC(=O)C(C)N1CCC(Cc2ccccc2)CC1)C(=O)O. The van der Waals surface area contributed by atoms with E-state index in [1.54, 1.807) is 0 Å². The van der Waals surface area contributed by atoms with Gasteiger partial charge in [0.2, 0.25) is 5.91 Å². The molecule has 1 fully saturated rings. The average molecular weight is 360 g/mol. The molecule has 0 spiro atoms. The average Bonchev–Trinajstić information content (AvgIpc) is 2.61. The molecular formula is C21H32N2O3. The summed E-state index contributed by atoms with van der Waals surface area (Å²) in [4.78, 5) is 26.0. The highest BCUT2D eigenvalue weighted by Gasteiger charge is 2.29. The first kappa shape index (κ1) is 20.4. The van der Waals surface area contributed by atoms with Crippen molar-refractivity contribution in [3.63, 3.8) is 0 Å². The second-order valence-electron chi connectivity index (χ2n) is 7.87. The number of amides is 1. The molecular weight excluding hydrogens is 328 g/mol. The van der Waals surface area contributed by atoms with Gasteiger partial charge in [0, 0.05) is 0 Å². The summed E-state index contributed by atoms with van der Waals surface area (Å²) < 4.78 is 0.